The van der Waals surface area contributed by atoms with Gasteiger partial charge < -0.3 is 9.80 Å². The van der Waals surface area contributed by atoms with Crippen molar-refractivity contribution in [2.75, 3.05) is 9.80 Å². The maximum atomic E-state index is 16.8. The highest BCUT2D eigenvalue weighted by Gasteiger charge is 2.26. The highest BCUT2D eigenvalue weighted by molar-refractivity contribution is 6.28. The number of hydrogen-bond donors (Lipinski definition) is 0. The van der Waals surface area contributed by atoms with E-state index in [1.807, 2.05) is 60.7 Å². The van der Waals surface area contributed by atoms with E-state index in [1.165, 1.54) is 12.1 Å². The molecule has 0 atom stereocenters. The largest absolute Gasteiger partial charge is 0.307 e. The number of nitriles is 4. The summed E-state index contributed by atoms with van der Waals surface area (Å²) in [5.41, 5.74) is 3.56. The van der Waals surface area contributed by atoms with Crippen molar-refractivity contribution in [3.8, 4) is 46.5 Å². The number of anilines is 6. The van der Waals surface area contributed by atoms with Crippen LogP contribution >= 0.6 is 0 Å². The van der Waals surface area contributed by atoms with E-state index in [-0.39, 0.29) is 22.5 Å². The van der Waals surface area contributed by atoms with Crippen LogP contribution in [0.5, 0.6) is 0 Å². The van der Waals surface area contributed by atoms with E-state index in [9.17, 15) is 21.0 Å². The van der Waals surface area contributed by atoms with Gasteiger partial charge in [-0.3, -0.25) is 0 Å². The minimum Gasteiger partial charge on any atom is -0.307 e. The minimum atomic E-state index is -0.748. The maximum Gasteiger partial charge on any atom is 0.148 e. The summed E-state index contributed by atoms with van der Waals surface area (Å²) in [6.45, 7) is 0. The van der Waals surface area contributed by atoms with Gasteiger partial charge >= 0.3 is 0 Å². The molecule has 0 bridgehead atoms. The normalized spacial score (nSPS) is 11.0. The summed E-state index contributed by atoms with van der Waals surface area (Å²) >= 11 is 0. The van der Waals surface area contributed by atoms with Gasteiger partial charge in [-0.25, -0.2) is 17.6 Å². The van der Waals surface area contributed by atoms with E-state index in [0.29, 0.717) is 66.9 Å². The van der Waals surface area contributed by atoms with Crippen LogP contribution in [-0.2, 0) is 0 Å². The Kier molecular flexibility index (Phi) is 10.0. The van der Waals surface area contributed by atoms with E-state index in [1.54, 1.807) is 94.7 Å². The second-order valence-electron chi connectivity index (χ2n) is 15.5. The lowest BCUT2D eigenvalue weighted by atomic mass is 9.91. The highest BCUT2D eigenvalue weighted by Crippen LogP contribution is 2.49. The van der Waals surface area contributed by atoms with Gasteiger partial charge in [-0.1, -0.05) is 60.7 Å². The van der Waals surface area contributed by atoms with Crippen LogP contribution in [0.2, 0.25) is 0 Å². The first-order chi connectivity index (χ1) is 32.2. The molecule has 66 heavy (non-hydrogen) atoms. The number of nitrogens with zero attached hydrogens (tertiary/aromatic N) is 6. The molecule has 0 saturated carbocycles. The first kappa shape index (κ1) is 40.6. The van der Waals surface area contributed by atoms with Gasteiger partial charge in [-0.15, -0.1) is 0 Å². The molecular formula is C56H28F4N6. The molecule has 0 aliphatic rings. The molecule has 10 heteroatoms. The van der Waals surface area contributed by atoms with Crippen molar-refractivity contribution < 1.29 is 17.6 Å². The molecule has 0 aromatic heterocycles. The summed E-state index contributed by atoms with van der Waals surface area (Å²) in [7, 11) is 0. The first-order valence-electron chi connectivity index (χ1n) is 20.5. The molecule has 10 rings (SSSR count). The second kappa shape index (κ2) is 16.3. The van der Waals surface area contributed by atoms with Gasteiger partial charge in [0.05, 0.1) is 69.3 Å². The van der Waals surface area contributed by atoms with Crippen molar-refractivity contribution in [2.45, 2.75) is 0 Å². The number of halogens is 4. The Hall–Kier alpha value is -9.48. The second-order valence-corrected chi connectivity index (χ2v) is 15.5. The van der Waals surface area contributed by atoms with Crippen molar-refractivity contribution in [2.24, 2.45) is 0 Å². The highest BCUT2D eigenvalue weighted by atomic mass is 19.1. The maximum absolute atomic E-state index is 16.8. The fraction of sp³-hybridized carbons (Fsp3) is 0. The van der Waals surface area contributed by atoms with E-state index < -0.39 is 23.3 Å². The number of benzene rings is 10. The van der Waals surface area contributed by atoms with Gasteiger partial charge in [-0.2, -0.15) is 21.0 Å². The van der Waals surface area contributed by atoms with Crippen LogP contribution < -0.4 is 9.80 Å². The van der Waals surface area contributed by atoms with Crippen LogP contribution in [-0.4, -0.2) is 0 Å². The third-order valence-electron chi connectivity index (χ3n) is 11.8. The first-order valence-corrected chi connectivity index (χ1v) is 20.5. The summed E-state index contributed by atoms with van der Waals surface area (Å²) in [4.78, 5) is 3.19. The number of rotatable bonds is 8. The van der Waals surface area contributed by atoms with Gasteiger partial charge in [0.15, 0.2) is 0 Å². The smallest absolute Gasteiger partial charge is 0.148 e. The molecule has 0 aliphatic heterocycles. The number of hydrogen-bond acceptors (Lipinski definition) is 6. The van der Waals surface area contributed by atoms with Crippen molar-refractivity contribution in [1.29, 1.82) is 21.0 Å². The van der Waals surface area contributed by atoms with Crippen molar-refractivity contribution in [3.05, 3.63) is 215 Å². The molecule has 10 aromatic rings. The summed E-state index contributed by atoms with van der Waals surface area (Å²) in [5, 5.41) is 42.7. The zero-order valence-electron chi connectivity index (χ0n) is 34.4. The van der Waals surface area contributed by atoms with Crippen LogP contribution in [0, 0.1) is 68.6 Å². The van der Waals surface area contributed by atoms with E-state index in [2.05, 4.69) is 12.1 Å². The Morgan fingerprint density at radius 1 is 0.333 bits per heavy atom. The van der Waals surface area contributed by atoms with Gasteiger partial charge in [0.1, 0.15) is 23.3 Å². The molecule has 0 heterocycles. The lowest BCUT2D eigenvalue weighted by Crippen LogP contribution is -2.14. The Labute approximate surface area is 375 Å². The molecule has 0 amide bonds. The van der Waals surface area contributed by atoms with Crippen molar-refractivity contribution in [1.82, 2.24) is 0 Å². The standard InChI is InChI=1S/C56H28F4N6/c57-47-27-53(49(59)25-45(47)39-5-1-3-35(23-39)31-63)65(41-15-7-33(29-61)8-16-41)51-21-13-37-12-20-44-52(22-14-38-11-19-43(51)55(37)56(38)44)66(42-17-9-34(30-62)10-18-42)54-28-48(58)46(26-50(54)60)40-6-2-4-36(24-40)32-64/h1-28H. The molecule has 10 aromatic carbocycles. The van der Waals surface area contributed by atoms with E-state index in [0.717, 1.165) is 45.8 Å². The molecule has 6 nitrogen and oxygen atoms in total. The third kappa shape index (κ3) is 6.89. The Balaban J connectivity index is 1.19. The van der Waals surface area contributed by atoms with Gasteiger partial charge in [0.25, 0.3) is 0 Å². The SMILES string of the molecule is N#Cc1ccc(N(c2cc(F)c(-c3cccc(C#N)c3)cc2F)c2ccc3ccc4c(N(c5ccc(C#N)cc5)c5cc(F)c(-c6cccc(C#N)c6)cc5F)ccc5ccc2c3c54)cc1. The Bertz CT molecular complexity index is 3520. The minimum absolute atomic E-state index is 0.0259. The zero-order chi connectivity index (χ0) is 45.6. The van der Waals surface area contributed by atoms with E-state index in [4.69, 9.17) is 0 Å². The molecule has 0 N–H and O–H groups in total. The van der Waals surface area contributed by atoms with Crippen molar-refractivity contribution in [3.63, 3.8) is 0 Å². The molecule has 310 valence electrons. The van der Waals surface area contributed by atoms with E-state index >= 15 is 17.6 Å². The molecule has 0 fully saturated rings. The fourth-order valence-corrected chi connectivity index (χ4v) is 8.72. The quantitative estimate of drug-likeness (QED) is 0.111. The lowest BCUT2D eigenvalue weighted by Gasteiger charge is -2.30. The van der Waals surface area contributed by atoms with Gasteiger partial charge in [-0.05, 0) is 130 Å². The summed E-state index contributed by atoms with van der Waals surface area (Å²) < 4.78 is 66.2. The summed E-state index contributed by atoms with van der Waals surface area (Å²) in [5.74, 6) is -2.94. The van der Waals surface area contributed by atoms with Gasteiger partial charge in [0, 0.05) is 45.4 Å². The topological polar surface area (TPSA) is 102 Å². The predicted molar refractivity (Wildman–Crippen MR) is 249 cm³/mol. The average molecular weight is 861 g/mol. The fourth-order valence-electron chi connectivity index (χ4n) is 8.72. The molecule has 0 spiro atoms. The molecule has 0 saturated heterocycles. The Morgan fingerprint density at radius 2 is 0.712 bits per heavy atom. The van der Waals surface area contributed by atoms with Crippen molar-refractivity contribution >= 4 is 66.4 Å². The lowest BCUT2D eigenvalue weighted by molar-refractivity contribution is 0.604. The van der Waals surface area contributed by atoms with Crippen LogP contribution in [0.1, 0.15) is 22.3 Å². The molecule has 0 aliphatic carbocycles. The molecule has 0 unspecified atom stereocenters. The monoisotopic (exact) mass is 860 g/mol. The molecular weight excluding hydrogens is 833 g/mol. The van der Waals surface area contributed by atoms with Crippen LogP contribution in [0.25, 0.3) is 54.6 Å². The van der Waals surface area contributed by atoms with Gasteiger partial charge in [0.2, 0.25) is 0 Å². The average Bonchev–Trinajstić information content (AvgIpc) is 3.36. The predicted octanol–water partition coefficient (Wildman–Crippen LogP) is 14.9. The Morgan fingerprint density at radius 3 is 1.09 bits per heavy atom. The molecule has 0 radical (unpaired) electrons. The van der Waals surface area contributed by atoms with Crippen LogP contribution in [0.4, 0.5) is 51.7 Å². The van der Waals surface area contributed by atoms with Crippen LogP contribution in [0.15, 0.2) is 170 Å². The summed E-state index contributed by atoms with van der Waals surface area (Å²) in [6.07, 6.45) is 0. The summed E-state index contributed by atoms with van der Waals surface area (Å²) in [6, 6.07) is 53.3. The third-order valence-corrected chi connectivity index (χ3v) is 11.8. The zero-order valence-corrected chi connectivity index (χ0v) is 34.4. The van der Waals surface area contributed by atoms with Crippen LogP contribution in [0.3, 0.4) is 0 Å².